The van der Waals surface area contributed by atoms with Crippen LogP contribution in [0, 0.1) is 0 Å². The molecule has 1 unspecified atom stereocenters. The first-order chi connectivity index (χ1) is 13.9. The molecule has 0 aromatic carbocycles. The number of aromatic nitrogens is 5. The van der Waals surface area contributed by atoms with Gasteiger partial charge in [-0.25, -0.2) is 9.97 Å². The lowest BCUT2D eigenvalue weighted by Gasteiger charge is -2.17. The Morgan fingerprint density at radius 2 is 2.07 bits per heavy atom. The van der Waals surface area contributed by atoms with Crippen molar-refractivity contribution in [3.63, 3.8) is 0 Å². The molecule has 1 aliphatic rings. The second-order valence-electron chi connectivity index (χ2n) is 7.29. The fourth-order valence-corrected chi connectivity index (χ4v) is 3.48. The lowest BCUT2D eigenvalue weighted by atomic mass is 10.0. The zero-order valence-electron chi connectivity index (χ0n) is 17.0. The van der Waals surface area contributed by atoms with Crippen molar-refractivity contribution in [1.82, 2.24) is 24.7 Å². The van der Waals surface area contributed by atoms with Crippen LogP contribution in [0.2, 0.25) is 0 Å². The SMILES string of the molecule is CCn1cnnc1-c1cccc(N2Cc3c(cc(N(C)C)nc3C(C)N)C2=O)n1. The summed E-state index contributed by atoms with van der Waals surface area (Å²) in [6.07, 6.45) is 1.67. The van der Waals surface area contributed by atoms with E-state index in [1.165, 1.54) is 0 Å². The number of fused-ring (bicyclic) bond motifs is 1. The molecular weight excluding hydrogens is 368 g/mol. The third-order valence-corrected chi connectivity index (χ3v) is 5.02. The maximum atomic E-state index is 13.2. The predicted octanol–water partition coefficient (Wildman–Crippen LogP) is 2.00. The monoisotopic (exact) mass is 392 g/mol. The Hall–Kier alpha value is -3.33. The van der Waals surface area contributed by atoms with Gasteiger partial charge in [0.05, 0.1) is 17.8 Å². The van der Waals surface area contributed by atoms with Crippen molar-refractivity contribution >= 4 is 17.5 Å². The molecule has 9 nitrogen and oxygen atoms in total. The van der Waals surface area contributed by atoms with Gasteiger partial charge in [0, 0.05) is 32.2 Å². The highest BCUT2D eigenvalue weighted by atomic mass is 16.2. The van der Waals surface area contributed by atoms with Gasteiger partial charge in [-0.05, 0) is 32.0 Å². The zero-order valence-corrected chi connectivity index (χ0v) is 17.0. The van der Waals surface area contributed by atoms with Crippen LogP contribution in [0.15, 0.2) is 30.6 Å². The Bertz CT molecular complexity index is 1070. The molecule has 150 valence electrons. The number of aryl methyl sites for hydroxylation is 1. The van der Waals surface area contributed by atoms with Gasteiger partial charge >= 0.3 is 0 Å². The summed E-state index contributed by atoms with van der Waals surface area (Å²) >= 11 is 0. The predicted molar refractivity (Wildman–Crippen MR) is 111 cm³/mol. The van der Waals surface area contributed by atoms with Gasteiger partial charge in [-0.1, -0.05) is 6.07 Å². The summed E-state index contributed by atoms with van der Waals surface area (Å²) in [7, 11) is 3.79. The molecule has 0 fully saturated rings. The normalized spacial score (nSPS) is 14.2. The number of carbonyl (C=O) groups excluding carboxylic acids is 1. The van der Waals surface area contributed by atoms with Gasteiger partial charge in [-0.2, -0.15) is 0 Å². The van der Waals surface area contributed by atoms with E-state index in [9.17, 15) is 4.79 Å². The van der Waals surface area contributed by atoms with Crippen LogP contribution < -0.4 is 15.5 Å². The van der Waals surface area contributed by atoms with Gasteiger partial charge in [0.25, 0.3) is 5.91 Å². The lowest BCUT2D eigenvalue weighted by molar-refractivity contribution is 0.0996. The van der Waals surface area contributed by atoms with Gasteiger partial charge in [0.1, 0.15) is 23.7 Å². The van der Waals surface area contributed by atoms with Crippen molar-refractivity contribution < 1.29 is 4.79 Å². The van der Waals surface area contributed by atoms with E-state index < -0.39 is 0 Å². The van der Waals surface area contributed by atoms with E-state index in [2.05, 4.69) is 15.2 Å². The Kier molecular flexibility index (Phi) is 4.75. The minimum atomic E-state index is -0.279. The minimum absolute atomic E-state index is 0.103. The number of anilines is 2. The van der Waals surface area contributed by atoms with Crippen LogP contribution in [0.5, 0.6) is 0 Å². The number of nitrogens with zero attached hydrogens (tertiary/aromatic N) is 7. The van der Waals surface area contributed by atoms with Crippen molar-refractivity contribution in [2.45, 2.75) is 33.0 Å². The molecule has 9 heteroatoms. The summed E-state index contributed by atoms with van der Waals surface area (Å²) in [4.78, 5) is 26.1. The van der Waals surface area contributed by atoms with Crippen LogP contribution in [0.1, 0.15) is 41.5 Å². The number of carbonyl (C=O) groups is 1. The van der Waals surface area contributed by atoms with Gasteiger partial charge < -0.3 is 15.2 Å². The van der Waals surface area contributed by atoms with Crippen LogP contribution in [-0.4, -0.2) is 44.7 Å². The van der Waals surface area contributed by atoms with E-state index in [0.29, 0.717) is 35.3 Å². The molecule has 2 N–H and O–H groups in total. The molecule has 3 aromatic heterocycles. The first kappa shape index (κ1) is 19.0. The Labute approximate surface area is 169 Å². The van der Waals surface area contributed by atoms with Gasteiger partial charge in [-0.15, -0.1) is 10.2 Å². The van der Waals surface area contributed by atoms with E-state index in [1.807, 2.05) is 61.7 Å². The number of pyridine rings is 2. The van der Waals surface area contributed by atoms with E-state index >= 15 is 0 Å². The summed E-state index contributed by atoms with van der Waals surface area (Å²) in [5, 5.41) is 8.13. The van der Waals surface area contributed by atoms with Crippen molar-refractivity contribution in [2.24, 2.45) is 5.73 Å². The smallest absolute Gasteiger partial charge is 0.260 e. The van der Waals surface area contributed by atoms with Crippen LogP contribution in [0.25, 0.3) is 11.5 Å². The van der Waals surface area contributed by atoms with E-state index in [-0.39, 0.29) is 11.9 Å². The minimum Gasteiger partial charge on any atom is -0.363 e. The lowest BCUT2D eigenvalue weighted by Crippen LogP contribution is -2.24. The fourth-order valence-electron chi connectivity index (χ4n) is 3.48. The molecule has 4 rings (SSSR count). The summed E-state index contributed by atoms with van der Waals surface area (Å²) in [6.45, 7) is 5.02. The standard InChI is InChI=1S/C20H24N8O/c1-5-27-11-22-25-19(27)15-7-6-8-16(23-15)28-10-14-13(20(28)29)9-17(26(3)4)24-18(14)12(2)21/h6-9,11-12H,5,10,21H2,1-4H3. The van der Waals surface area contributed by atoms with Crippen LogP contribution in [0.3, 0.4) is 0 Å². The molecule has 29 heavy (non-hydrogen) atoms. The molecule has 3 aromatic rings. The summed E-state index contributed by atoms with van der Waals surface area (Å²) in [5.41, 5.74) is 9.06. The van der Waals surface area contributed by atoms with Crippen molar-refractivity contribution in [3.05, 3.63) is 47.4 Å². The third-order valence-electron chi connectivity index (χ3n) is 5.02. The summed E-state index contributed by atoms with van der Waals surface area (Å²) < 4.78 is 1.91. The number of nitrogens with two attached hydrogens (primary N) is 1. The highest BCUT2D eigenvalue weighted by Gasteiger charge is 2.33. The van der Waals surface area contributed by atoms with Gasteiger partial charge in [0.15, 0.2) is 5.82 Å². The second kappa shape index (κ2) is 7.25. The van der Waals surface area contributed by atoms with Gasteiger partial charge in [0.2, 0.25) is 0 Å². The van der Waals surface area contributed by atoms with Crippen molar-refractivity contribution in [3.8, 4) is 11.5 Å². The van der Waals surface area contributed by atoms with Crippen LogP contribution >= 0.6 is 0 Å². The molecule has 4 heterocycles. The fraction of sp³-hybridized carbons (Fsp3) is 0.350. The quantitative estimate of drug-likeness (QED) is 0.708. The second-order valence-corrected chi connectivity index (χ2v) is 7.29. The molecule has 0 bridgehead atoms. The average Bonchev–Trinajstić information content (AvgIpc) is 3.32. The highest BCUT2D eigenvalue weighted by Crippen LogP contribution is 2.33. The largest absolute Gasteiger partial charge is 0.363 e. The first-order valence-corrected chi connectivity index (χ1v) is 9.54. The molecule has 0 spiro atoms. The molecule has 1 amide bonds. The Morgan fingerprint density at radius 3 is 2.76 bits per heavy atom. The van der Waals surface area contributed by atoms with E-state index in [4.69, 9.17) is 10.7 Å². The summed E-state index contributed by atoms with van der Waals surface area (Å²) in [5.74, 6) is 1.85. The molecule has 1 aliphatic heterocycles. The van der Waals surface area contributed by atoms with Crippen LogP contribution in [-0.2, 0) is 13.1 Å². The maximum absolute atomic E-state index is 13.2. The average molecular weight is 392 g/mol. The summed E-state index contributed by atoms with van der Waals surface area (Å²) in [6, 6.07) is 7.11. The Morgan fingerprint density at radius 1 is 1.28 bits per heavy atom. The van der Waals surface area contributed by atoms with E-state index in [0.717, 1.165) is 17.8 Å². The number of amides is 1. The third kappa shape index (κ3) is 3.23. The molecular formula is C20H24N8O. The van der Waals surface area contributed by atoms with Crippen molar-refractivity contribution in [1.29, 1.82) is 0 Å². The van der Waals surface area contributed by atoms with Crippen LogP contribution in [0.4, 0.5) is 11.6 Å². The van der Waals surface area contributed by atoms with Crippen molar-refractivity contribution in [2.75, 3.05) is 23.9 Å². The topological polar surface area (TPSA) is 106 Å². The molecule has 0 saturated heterocycles. The Balaban J connectivity index is 1.75. The number of hydrogen-bond donors (Lipinski definition) is 1. The number of hydrogen-bond acceptors (Lipinski definition) is 7. The zero-order chi connectivity index (χ0) is 20.7. The first-order valence-electron chi connectivity index (χ1n) is 9.54. The molecule has 0 saturated carbocycles. The molecule has 0 radical (unpaired) electrons. The van der Waals surface area contributed by atoms with E-state index in [1.54, 1.807) is 11.2 Å². The highest BCUT2D eigenvalue weighted by molar-refractivity contribution is 6.10. The van der Waals surface area contributed by atoms with Gasteiger partial charge in [-0.3, -0.25) is 9.69 Å². The maximum Gasteiger partial charge on any atom is 0.260 e. The molecule has 0 aliphatic carbocycles. The number of rotatable bonds is 5. The molecule has 1 atom stereocenters.